The van der Waals surface area contributed by atoms with Crippen LogP contribution in [-0.4, -0.2) is 29.6 Å². The molecular formula is C11H19ClOS. The van der Waals surface area contributed by atoms with Crippen molar-refractivity contribution < 1.29 is 4.74 Å². The van der Waals surface area contributed by atoms with Crippen LogP contribution in [0.1, 0.15) is 32.1 Å². The van der Waals surface area contributed by atoms with Crippen molar-refractivity contribution in [3.05, 3.63) is 0 Å². The summed E-state index contributed by atoms with van der Waals surface area (Å²) < 4.78 is 5.61. The molecule has 2 saturated heterocycles. The van der Waals surface area contributed by atoms with Gasteiger partial charge in [-0.1, -0.05) is 6.42 Å². The first-order valence-corrected chi connectivity index (χ1v) is 7.29. The second-order valence-corrected chi connectivity index (χ2v) is 6.01. The number of hydrogen-bond donors (Lipinski definition) is 0. The van der Waals surface area contributed by atoms with Gasteiger partial charge in [0.1, 0.15) is 0 Å². The van der Waals surface area contributed by atoms with Gasteiger partial charge >= 0.3 is 0 Å². The van der Waals surface area contributed by atoms with Gasteiger partial charge in [-0.3, -0.25) is 0 Å². The van der Waals surface area contributed by atoms with E-state index in [1.54, 1.807) is 0 Å². The third kappa shape index (κ3) is 3.04. The van der Waals surface area contributed by atoms with E-state index >= 15 is 0 Å². The smallest absolute Gasteiger partial charge is 0.0576 e. The van der Waals surface area contributed by atoms with E-state index in [2.05, 4.69) is 0 Å². The van der Waals surface area contributed by atoms with Crippen molar-refractivity contribution in [2.45, 2.75) is 43.6 Å². The minimum absolute atomic E-state index is 0.435. The molecule has 2 fully saturated rings. The maximum absolute atomic E-state index is 6.22. The molecule has 2 rings (SSSR count). The van der Waals surface area contributed by atoms with E-state index in [-0.39, 0.29) is 0 Å². The normalized spacial score (nSPS) is 37.9. The summed E-state index contributed by atoms with van der Waals surface area (Å²) in [5.74, 6) is 3.20. The molecule has 0 amide bonds. The Hall–Kier alpha value is 0.600. The van der Waals surface area contributed by atoms with Crippen LogP contribution in [0.4, 0.5) is 0 Å². The summed E-state index contributed by atoms with van der Waals surface area (Å²) in [5, 5.41) is 0.435. The van der Waals surface area contributed by atoms with E-state index in [9.17, 15) is 0 Å². The number of alkyl halides is 1. The van der Waals surface area contributed by atoms with Crippen LogP contribution in [-0.2, 0) is 4.74 Å². The van der Waals surface area contributed by atoms with Crippen molar-refractivity contribution in [2.24, 2.45) is 5.92 Å². The summed E-state index contributed by atoms with van der Waals surface area (Å²) in [6.07, 6.45) is 6.98. The summed E-state index contributed by atoms with van der Waals surface area (Å²) >= 11 is 8.23. The molecule has 0 radical (unpaired) electrons. The van der Waals surface area contributed by atoms with Crippen molar-refractivity contribution >= 4 is 23.4 Å². The van der Waals surface area contributed by atoms with Crippen LogP contribution < -0.4 is 0 Å². The number of rotatable bonds is 4. The van der Waals surface area contributed by atoms with Gasteiger partial charge in [0.25, 0.3) is 0 Å². The SMILES string of the molecule is ClC1CSCC1CCCC1CCCO1. The molecule has 14 heavy (non-hydrogen) atoms. The maximum Gasteiger partial charge on any atom is 0.0576 e. The van der Waals surface area contributed by atoms with Crippen LogP contribution in [0.3, 0.4) is 0 Å². The Morgan fingerprint density at radius 1 is 1.29 bits per heavy atom. The van der Waals surface area contributed by atoms with E-state index in [1.165, 1.54) is 37.9 Å². The van der Waals surface area contributed by atoms with Gasteiger partial charge in [0.15, 0.2) is 0 Å². The molecule has 2 aliphatic rings. The van der Waals surface area contributed by atoms with Crippen molar-refractivity contribution in [2.75, 3.05) is 18.1 Å². The molecule has 0 aliphatic carbocycles. The van der Waals surface area contributed by atoms with E-state index in [4.69, 9.17) is 16.3 Å². The van der Waals surface area contributed by atoms with E-state index in [0.29, 0.717) is 11.5 Å². The van der Waals surface area contributed by atoms with Crippen LogP contribution in [0.2, 0.25) is 0 Å². The number of hydrogen-bond acceptors (Lipinski definition) is 2. The number of halogens is 1. The Balaban J connectivity index is 1.57. The summed E-state index contributed by atoms with van der Waals surface area (Å²) in [7, 11) is 0. The number of thioether (sulfide) groups is 1. The molecule has 2 aliphatic heterocycles. The van der Waals surface area contributed by atoms with Gasteiger partial charge in [0.05, 0.1) is 6.10 Å². The van der Waals surface area contributed by atoms with Gasteiger partial charge in [0, 0.05) is 17.7 Å². The standard InChI is InChI=1S/C11H19ClOS/c12-11-8-14-7-9(11)3-1-4-10-5-2-6-13-10/h9-11H,1-8H2. The first kappa shape index (κ1) is 11.1. The van der Waals surface area contributed by atoms with Crippen molar-refractivity contribution in [1.29, 1.82) is 0 Å². The molecule has 0 aromatic heterocycles. The molecule has 0 aromatic carbocycles. The summed E-state index contributed by atoms with van der Waals surface area (Å²) in [6.45, 7) is 0.988. The fourth-order valence-corrected chi connectivity index (χ4v) is 4.24. The van der Waals surface area contributed by atoms with Crippen molar-refractivity contribution in [3.8, 4) is 0 Å². The third-order valence-corrected chi connectivity index (χ3v) is 5.20. The zero-order valence-electron chi connectivity index (χ0n) is 8.58. The van der Waals surface area contributed by atoms with Gasteiger partial charge in [-0.25, -0.2) is 0 Å². The predicted molar refractivity (Wildman–Crippen MR) is 63.3 cm³/mol. The highest BCUT2D eigenvalue weighted by molar-refractivity contribution is 7.99. The van der Waals surface area contributed by atoms with Crippen LogP contribution in [0.5, 0.6) is 0 Å². The molecule has 2 heterocycles. The molecule has 1 nitrogen and oxygen atoms in total. The van der Waals surface area contributed by atoms with Crippen molar-refractivity contribution in [3.63, 3.8) is 0 Å². The minimum atomic E-state index is 0.435. The maximum atomic E-state index is 6.22. The first-order chi connectivity index (χ1) is 6.86. The molecule has 3 unspecified atom stereocenters. The Morgan fingerprint density at radius 2 is 2.21 bits per heavy atom. The Kier molecular flexibility index (Phi) is 4.45. The molecular weight excluding hydrogens is 216 g/mol. The summed E-state index contributed by atoms with van der Waals surface area (Å²) in [4.78, 5) is 0. The Labute approximate surface area is 95.9 Å². The fraction of sp³-hybridized carbons (Fsp3) is 1.00. The highest BCUT2D eigenvalue weighted by Gasteiger charge is 2.25. The lowest BCUT2D eigenvalue weighted by molar-refractivity contribution is 0.101. The van der Waals surface area contributed by atoms with Gasteiger partial charge in [-0.2, -0.15) is 11.8 Å². The second-order valence-electron chi connectivity index (χ2n) is 4.38. The van der Waals surface area contributed by atoms with Crippen LogP contribution in [0.25, 0.3) is 0 Å². The molecule has 0 spiro atoms. The monoisotopic (exact) mass is 234 g/mol. The first-order valence-electron chi connectivity index (χ1n) is 5.69. The average molecular weight is 235 g/mol. The minimum Gasteiger partial charge on any atom is -0.378 e. The van der Waals surface area contributed by atoms with Gasteiger partial charge in [0.2, 0.25) is 0 Å². The van der Waals surface area contributed by atoms with E-state index in [1.807, 2.05) is 11.8 Å². The lowest BCUT2D eigenvalue weighted by Crippen LogP contribution is -2.13. The topological polar surface area (TPSA) is 9.23 Å². The Morgan fingerprint density at radius 3 is 2.86 bits per heavy atom. The Bertz CT molecular complexity index is 171. The lowest BCUT2D eigenvalue weighted by atomic mass is 9.99. The quantitative estimate of drug-likeness (QED) is 0.691. The third-order valence-electron chi connectivity index (χ3n) is 3.25. The van der Waals surface area contributed by atoms with Gasteiger partial charge in [-0.05, 0) is 37.4 Å². The molecule has 0 N–H and O–H groups in total. The lowest BCUT2D eigenvalue weighted by Gasteiger charge is -2.14. The highest BCUT2D eigenvalue weighted by atomic mass is 35.5. The van der Waals surface area contributed by atoms with Crippen molar-refractivity contribution in [1.82, 2.24) is 0 Å². The molecule has 82 valence electrons. The zero-order chi connectivity index (χ0) is 9.80. The molecule has 3 atom stereocenters. The largest absolute Gasteiger partial charge is 0.378 e. The summed E-state index contributed by atoms with van der Waals surface area (Å²) in [5.41, 5.74) is 0. The molecule has 0 bridgehead atoms. The number of ether oxygens (including phenoxy) is 1. The second kappa shape index (κ2) is 5.62. The van der Waals surface area contributed by atoms with Gasteiger partial charge < -0.3 is 4.74 Å². The highest BCUT2D eigenvalue weighted by Crippen LogP contribution is 2.32. The molecule has 0 aromatic rings. The summed E-state index contributed by atoms with van der Waals surface area (Å²) in [6, 6.07) is 0. The average Bonchev–Trinajstić information content (AvgIpc) is 2.78. The molecule has 3 heteroatoms. The van der Waals surface area contributed by atoms with Crippen LogP contribution in [0.15, 0.2) is 0 Å². The predicted octanol–water partition coefficient (Wildman–Crippen LogP) is 3.31. The van der Waals surface area contributed by atoms with Crippen LogP contribution in [0, 0.1) is 5.92 Å². The van der Waals surface area contributed by atoms with Crippen LogP contribution >= 0.6 is 23.4 Å². The fourth-order valence-electron chi connectivity index (χ4n) is 2.32. The van der Waals surface area contributed by atoms with E-state index < -0.39 is 0 Å². The molecule has 0 saturated carbocycles. The van der Waals surface area contributed by atoms with Gasteiger partial charge in [-0.15, -0.1) is 11.6 Å². The van der Waals surface area contributed by atoms with E-state index in [0.717, 1.165) is 18.3 Å². The zero-order valence-corrected chi connectivity index (χ0v) is 10.2.